The highest BCUT2D eigenvalue weighted by molar-refractivity contribution is 7.71. The van der Waals surface area contributed by atoms with Gasteiger partial charge < -0.3 is 9.84 Å². The standard InChI is InChI=1S/C23H17ClN4O3S/c1-31-17-13-11-16(12-14-17)27-21(29)20(26-25-15-7-3-2-4-8-15)22(30)28(23(27)32)19-10-6-5-9-18(19)24/h2-14,30H,1H3. The van der Waals surface area contributed by atoms with E-state index in [1.165, 1.54) is 9.13 Å². The minimum atomic E-state index is -0.624. The predicted octanol–water partition coefficient (Wildman–Crippen LogP) is 6.14. The van der Waals surface area contributed by atoms with E-state index in [0.29, 0.717) is 27.8 Å². The summed E-state index contributed by atoms with van der Waals surface area (Å²) in [7, 11) is 1.55. The third kappa shape index (κ3) is 4.05. The number of para-hydroxylation sites is 1. The SMILES string of the molecule is COc1ccc(-n2c(=O)c(N=Nc3ccccc3)c(O)n(-c3ccccc3Cl)c2=S)cc1. The van der Waals surface area contributed by atoms with E-state index in [4.69, 9.17) is 28.6 Å². The Morgan fingerprint density at radius 3 is 2.22 bits per heavy atom. The third-order valence-electron chi connectivity index (χ3n) is 4.66. The Balaban J connectivity index is 2.02. The zero-order chi connectivity index (χ0) is 22.7. The lowest BCUT2D eigenvalue weighted by Gasteiger charge is -2.17. The van der Waals surface area contributed by atoms with Crippen LogP contribution >= 0.6 is 23.8 Å². The van der Waals surface area contributed by atoms with Gasteiger partial charge in [-0.2, -0.15) is 5.11 Å². The quantitative estimate of drug-likeness (QED) is 0.284. The van der Waals surface area contributed by atoms with Gasteiger partial charge in [-0.05, 0) is 60.7 Å². The number of nitrogens with zero attached hydrogens (tertiary/aromatic N) is 4. The second-order valence-electron chi connectivity index (χ2n) is 6.62. The van der Waals surface area contributed by atoms with Crippen molar-refractivity contribution in [2.75, 3.05) is 7.11 Å². The molecule has 0 unspecified atom stereocenters. The summed E-state index contributed by atoms with van der Waals surface area (Å²) in [6.07, 6.45) is 0. The maximum atomic E-state index is 13.4. The van der Waals surface area contributed by atoms with Gasteiger partial charge in [0.15, 0.2) is 4.77 Å². The van der Waals surface area contributed by atoms with Crippen molar-refractivity contribution in [2.45, 2.75) is 0 Å². The van der Waals surface area contributed by atoms with Crippen LogP contribution in [-0.4, -0.2) is 21.4 Å². The summed E-state index contributed by atoms with van der Waals surface area (Å²) in [4.78, 5) is 13.4. The first kappa shape index (κ1) is 21.5. The third-order valence-corrected chi connectivity index (χ3v) is 5.34. The fraction of sp³-hybridized carbons (Fsp3) is 0.0435. The largest absolute Gasteiger partial charge is 0.497 e. The molecule has 0 aliphatic rings. The summed E-state index contributed by atoms with van der Waals surface area (Å²) >= 11 is 12.0. The molecule has 1 N–H and O–H groups in total. The highest BCUT2D eigenvalue weighted by Crippen LogP contribution is 2.31. The van der Waals surface area contributed by atoms with Gasteiger partial charge in [0.1, 0.15) is 5.75 Å². The minimum Gasteiger partial charge on any atom is -0.497 e. The first-order valence-electron chi connectivity index (χ1n) is 9.48. The van der Waals surface area contributed by atoms with E-state index >= 15 is 0 Å². The molecule has 4 aromatic rings. The molecule has 1 heterocycles. The second kappa shape index (κ2) is 9.17. The van der Waals surface area contributed by atoms with Gasteiger partial charge in [0, 0.05) is 0 Å². The smallest absolute Gasteiger partial charge is 0.290 e. The van der Waals surface area contributed by atoms with Crippen LogP contribution in [0.5, 0.6) is 11.6 Å². The van der Waals surface area contributed by atoms with Crippen molar-refractivity contribution in [3.05, 3.63) is 99.0 Å². The molecule has 0 bridgehead atoms. The van der Waals surface area contributed by atoms with Crippen LogP contribution in [0.3, 0.4) is 0 Å². The number of azo groups is 1. The molecular weight excluding hydrogens is 448 g/mol. The van der Waals surface area contributed by atoms with Crippen LogP contribution in [0.4, 0.5) is 11.4 Å². The Morgan fingerprint density at radius 2 is 1.56 bits per heavy atom. The van der Waals surface area contributed by atoms with Gasteiger partial charge in [0.05, 0.1) is 29.2 Å². The van der Waals surface area contributed by atoms with E-state index in [1.54, 1.807) is 79.9 Å². The number of methoxy groups -OCH3 is 1. The lowest BCUT2D eigenvalue weighted by atomic mass is 10.3. The molecule has 160 valence electrons. The van der Waals surface area contributed by atoms with Crippen LogP contribution in [0.25, 0.3) is 11.4 Å². The minimum absolute atomic E-state index is 0.0180. The van der Waals surface area contributed by atoms with Crippen molar-refractivity contribution in [1.29, 1.82) is 0 Å². The Bertz CT molecular complexity index is 1410. The summed E-state index contributed by atoms with van der Waals surface area (Å²) in [5, 5.41) is 19.5. The molecule has 4 rings (SSSR count). The van der Waals surface area contributed by atoms with Gasteiger partial charge in [0.2, 0.25) is 11.6 Å². The Morgan fingerprint density at radius 1 is 0.906 bits per heavy atom. The van der Waals surface area contributed by atoms with Crippen molar-refractivity contribution >= 4 is 35.2 Å². The van der Waals surface area contributed by atoms with Gasteiger partial charge in [-0.3, -0.25) is 13.9 Å². The van der Waals surface area contributed by atoms with Crippen molar-refractivity contribution < 1.29 is 9.84 Å². The molecular formula is C23H17ClN4O3S. The number of hydrogen-bond donors (Lipinski definition) is 1. The van der Waals surface area contributed by atoms with Gasteiger partial charge in [-0.1, -0.05) is 41.9 Å². The predicted molar refractivity (Wildman–Crippen MR) is 126 cm³/mol. The fourth-order valence-corrected chi connectivity index (χ4v) is 3.68. The van der Waals surface area contributed by atoms with Crippen LogP contribution < -0.4 is 10.3 Å². The summed E-state index contributed by atoms with van der Waals surface area (Å²) < 4.78 is 7.77. The normalized spacial score (nSPS) is 11.1. The maximum absolute atomic E-state index is 13.4. The Kier molecular flexibility index (Phi) is 6.16. The number of ether oxygens (including phenoxy) is 1. The maximum Gasteiger partial charge on any atom is 0.290 e. The van der Waals surface area contributed by atoms with E-state index in [0.717, 1.165) is 0 Å². The van der Waals surface area contributed by atoms with Crippen molar-refractivity contribution in [1.82, 2.24) is 9.13 Å². The summed E-state index contributed by atoms with van der Waals surface area (Å²) in [6, 6.07) is 22.5. The summed E-state index contributed by atoms with van der Waals surface area (Å²) in [5.41, 5.74) is 0.487. The van der Waals surface area contributed by atoms with E-state index < -0.39 is 11.4 Å². The van der Waals surface area contributed by atoms with Crippen LogP contribution in [0, 0.1) is 4.77 Å². The molecule has 7 nitrogen and oxygen atoms in total. The number of hydrogen-bond acceptors (Lipinski definition) is 6. The van der Waals surface area contributed by atoms with Gasteiger partial charge in [-0.25, -0.2) is 0 Å². The molecule has 0 fully saturated rings. The molecule has 0 saturated carbocycles. The number of benzene rings is 3. The molecule has 0 aliphatic heterocycles. The first-order chi connectivity index (χ1) is 15.5. The van der Waals surface area contributed by atoms with Gasteiger partial charge >= 0.3 is 0 Å². The number of aromatic nitrogens is 2. The Hall–Kier alpha value is -3.75. The molecule has 1 aromatic heterocycles. The number of aromatic hydroxyl groups is 1. The van der Waals surface area contributed by atoms with E-state index in [9.17, 15) is 9.90 Å². The fourth-order valence-electron chi connectivity index (χ4n) is 3.08. The summed E-state index contributed by atoms with van der Waals surface area (Å²) in [5.74, 6) is 0.159. The van der Waals surface area contributed by atoms with E-state index in [2.05, 4.69) is 10.2 Å². The van der Waals surface area contributed by atoms with Gasteiger partial charge in [0.25, 0.3) is 5.56 Å². The highest BCUT2D eigenvalue weighted by atomic mass is 35.5. The topological polar surface area (TPSA) is 81.1 Å². The van der Waals surface area contributed by atoms with Crippen molar-refractivity contribution in [3.63, 3.8) is 0 Å². The van der Waals surface area contributed by atoms with Crippen LogP contribution in [-0.2, 0) is 0 Å². The monoisotopic (exact) mass is 464 g/mol. The summed E-state index contributed by atoms with van der Waals surface area (Å²) in [6.45, 7) is 0. The van der Waals surface area contributed by atoms with Crippen LogP contribution in [0.2, 0.25) is 5.02 Å². The number of halogens is 1. The van der Waals surface area contributed by atoms with Crippen molar-refractivity contribution in [3.8, 4) is 23.0 Å². The molecule has 0 aliphatic carbocycles. The zero-order valence-electron chi connectivity index (χ0n) is 16.8. The van der Waals surface area contributed by atoms with Crippen LogP contribution in [0.1, 0.15) is 0 Å². The van der Waals surface area contributed by atoms with Gasteiger partial charge in [-0.15, -0.1) is 5.11 Å². The molecule has 0 radical (unpaired) electrons. The lowest BCUT2D eigenvalue weighted by Crippen LogP contribution is -2.23. The van der Waals surface area contributed by atoms with Crippen LogP contribution in [0.15, 0.2) is 93.9 Å². The zero-order valence-corrected chi connectivity index (χ0v) is 18.4. The number of rotatable bonds is 5. The molecule has 0 spiro atoms. The average molecular weight is 465 g/mol. The molecule has 32 heavy (non-hydrogen) atoms. The first-order valence-corrected chi connectivity index (χ1v) is 10.3. The second-order valence-corrected chi connectivity index (χ2v) is 7.39. The average Bonchev–Trinajstić information content (AvgIpc) is 2.81. The molecule has 9 heteroatoms. The molecule has 0 atom stereocenters. The van der Waals surface area contributed by atoms with E-state index in [-0.39, 0.29) is 10.5 Å². The van der Waals surface area contributed by atoms with Crippen molar-refractivity contribution in [2.24, 2.45) is 10.2 Å². The Labute approximate surface area is 193 Å². The van der Waals surface area contributed by atoms with E-state index in [1.807, 2.05) is 6.07 Å². The molecule has 0 saturated heterocycles. The lowest BCUT2D eigenvalue weighted by molar-refractivity contribution is 0.414. The molecule has 0 amide bonds. The highest BCUT2D eigenvalue weighted by Gasteiger charge is 2.20. The molecule has 3 aromatic carbocycles.